The van der Waals surface area contributed by atoms with Crippen molar-refractivity contribution in [2.24, 2.45) is 4.99 Å². The summed E-state index contributed by atoms with van der Waals surface area (Å²) >= 11 is 1.51. The first-order valence-electron chi connectivity index (χ1n) is 10.1. The molecule has 1 fully saturated rings. The van der Waals surface area contributed by atoms with Gasteiger partial charge < -0.3 is 9.64 Å². The lowest BCUT2D eigenvalue weighted by atomic mass is 9.84. The van der Waals surface area contributed by atoms with Crippen LogP contribution in [-0.4, -0.2) is 34.0 Å². The Labute approximate surface area is 174 Å². The van der Waals surface area contributed by atoms with E-state index in [2.05, 4.69) is 46.1 Å². The normalized spacial score (nSPS) is 22.0. The van der Waals surface area contributed by atoms with Crippen molar-refractivity contribution in [1.82, 2.24) is 9.88 Å². The maximum Gasteiger partial charge on any atom is 0.286 e. The average molecular weight is 406 g/mol. The Balaban J connectivity index is 1.33. The number of nitrogens with zero attached hydrogens (tertiary/aromatic N) is 3. The summed E-state index contributed by atoms with van der Waals surface area (Å²) in [4.78, 5) is 24.2. The smallest absolute Gasteiger partial charge is 0.286 e. The highest BCUT2D eigenvalue weighted by Gasteiger charge is 2.43. The molecule has 5 rings (SSSR count). The summed E-state index contributed by atoms with van der Waals surface area (Å²) in [6, 6.07) is 12.4. The number of pyridine rings is 1. The van der Waals surface area contributed by atoms with Crippen LogP contribution in [0.1, 0.15) is 42.9 Å². The van der Waals surface area contributed by atoms with Crippen molar-refractivity contribution in [2.45, 2.75) is 38.4 Å². The van der Waals surface area contributed by atoms with E-state index in [0.29, 0.717) is 6.61 Å². The molecule has 0 bridgehead atoms. The number of benzene rings is 1. The van der Waals surface area contributed by atoms with Gasteiger partial charge in [-0.1, -0.05) is 31.2 Å². The number of carbonyl (C=O) groups excluding carboxylic acids is 1. The molecule has 3 aliphatic rings. The number of likely N-dealkylation sites (tertiary alicyclic amines) is 1. The van der Waals surface area contributed by atoms with E-state index < -0.39 is 0 Å². The third kappa shape index (κ3) is 3.20. The molecule has 1 saturated heterocycles. The highest BCUT2D eigenvalue weighted by atomic mass is 32.2. The van der Waals surface area contributed by atoms with Crippen molar-refractivity contribution in [3.63, 3.8) is 0 Å². The highest BCUT2D eigenvalue weighted by molar-refractivity contribution is 8.18. The molecule has 6 heteroatoms. The second-order valence-corrected chi connectivity index (χ2v) is 8.60. The zero-order valence-corrected chi connectivity index (χ0v) is 17.2. The summed E-state index contributed by atoms with van der Waals surface area (Å²) < 4.78 is 6.26. The van der Waals surface area contributed by atoms with E-state index in [1.807, 2.05) is 12.1 Å². The van der Waals surface area contributed by atoms with Gasteiger partial charge in [0.1, 0.15) is 0 Å². The van der Waals surface area contributed by atoms with E-state index in [0.717, 1.165) is 53.6 Å². The topological polar surface area (TPSA) is 54.8 Å². The van der Waals surface area contributed by atoms with Crippen LogP contribution in [0.25, 0.3) is 5.57 Å². The maximum absolute atomic E-state index is 12.7. The minimum Gasteiger partial charge on any atom is -0.365 e. The number of aliphatic imine (C=N–C) groups is 1. The Morgan fingerprint density at radius 2 is 1.93 bits per heavy atom. The summed E-state index contributed by atoms with van der Waals surface area (Å²) in [6.07, 6.45) is 6.15. The number of hydrogen-bond donors (Lipinski definition) is 0. The van der Waals surface area contributed by atoms with Crippen LogP contribution in [0.5, 0.6) is 0 Å². The van der Waals surface area contributed by atoms with Crippen molar-refractivity contribution >= 4 is 28.4 Å². The summed E-state index contributed by atoms with van der Waals surface area (Å²) in [6.45, 7) is 4.46. The predicted octanol–water partition coefficient (Wildman–Crippen LogP) is 4.35. The molecule has 1 aromatic carbocycles. The van der Waals surface area contributed by atoms with Gasteiger partial charge in [0.25, 0.3) is 5.91 Å². The number of fused-ring (bicyclic) bond motifs is 2. The van der Waals surface area contributed by atoms with Crippen molar-refractivity contribution in [3.05, 3.63) is 70.4 Å². The highest BCUT2D eigenvalue weighted by Crippen LogP contribution is 2.45. The van der Waals surface area contributed by atoms with Crippen LogP contribution in [-0.2, 0) is 21.7 Å². The fourth-order valence-corrected chi connectivity index (χ4v) is 5.67. The number of amides is 1. The molecular formula is C23H23N3O2S. The number of thioether (sulfide) groups is 1. The lowest BCUT2D eigenvalue weighted by Crippen LogP contribution is -2.44. The maximum atomic E-state index is 12.7. The number of amidine groups is 1. The monoisotopic (exact) mass is 405 g/mol. The summed E-state index contributed by atoms with van der Waals surface area (Å²) in [5.74, 6) is -0.124. The molecule has 3 aliphatic heterocycles. The second kappa shape index (κ2) is 7.43. The first-order valence-corrected chi connectivity index (χ1v) is 10.9. The molecule has 148 valence electrons. The van der Waals surface area contributed by atoms with Crippen LogP contribution in [0.2, 0.25) is 0 Å². The van der Waals surface area contributed by atoms with Gasteiger partial charge in [0.15, 0.2) is 5.17 Å². The van der Waals surface area contributed by atoms with Gasteiger partial charge in [0.05, 0.1) is 17.1 Å². The van der Waals surface area contributed by atoms with Crippen molar-refractivity contribution in [1.29, 1.82) is 0 Å². The molecule has 1 amide bonds. The number of hydrogen-bond acceptors (Lipinski definition) is 5. The fraction of sp³-hybridized carbons (Fsp3) is 0.348. The van der Waals surface area contributed by atoms with Gasteiger partial charge in [-0.25, -0.2) is 0 Å². The third-order valence-corrected chi connectivity index (χ3v) is 7.25. The quantitative estimate of drug-likeness (QED) is 0.695. The minimum absolute atomic E-state index is 0.124. The van der Waals surface area contributed by atoms with E-state index in [-0.39, 0.29) is 11.5 Å². The summed E-state index contributed by atoms with van der Waals surface area (Å²) in [5.41, 5.74) is 4.55. The third-order valence-electron chi connectivity index (χ3n) is 6.10. The molecule has 0 saturated carbocycles. The molecule has 5 nitrogen and oxygen atoms in total. The molecule has 29 heavy (non-hydrogen) atoms. The molecule has 1 spiro atoms. The first-order chi connectivity index (χ1) is 14.2. The number of ether oxygens (including phenoxy) is 1. The number of aromatic nitrogens is 1. The van der Waals surface area contributed by atoms with E-state index in [9.17, 15) is 4.79 Å². The van der Waals surface area contributed by atoms with Gasteiger partial charge in [-0.2, -0.15) is 4.99 Å². The SMILES string of the molecule is CC/C(=C1/SC(N2CCC3(CC2)OCc2ccccc23)=NC1=O)c1ccncc1. The zero-order valence-electron chi connectivity index (χ0n) is 16.4. The van der Waals surface area contributed by atoms with Gasteiger partial charge in [0, 0.05) is 25.5 Å². The molecule has 0 aliphatic carbocycles. The van der Waals surface area contributed by atoms with Crippen molar-refractivity contribution < 1.29 is 9.53 Å². The molecule has 1 aromatic heterocycles. The second-order valence-electron chi connectivity index (χ2n) is 7.63. The van der Waals surface area contributed by atoms with E-state index in [1.165, 1.54) is 22.9 Å². The Kier molecular flexibility index (Phi) is 4.76. The molecule has 0 N–H and O–H groups in total. The Hall–Kier alpha value is -2.44. The molecule has 2 aromatic rings. The number of rotatable bonds is 2. The lowest BCUT2D eigenvalue weighted by molar-refractivity contribution is -0.113. The standard InChI is InChI=1S/C23H23N3O2S/c1-2-18(16-7-11-24-12-8-16)20-21(27)25-22(29-20)26-13-9-23(10-14-26)19-6-4-3-5-17(19)15-28-23/h3-8,11-12H,2,9-10,13-15H2,1H3/b20-18-. The Bertz CT molecular complexity index is 1010. The molecule has 4 heterocycles. The van der Waals surface area contributed by atoms with E-state index in [1.54, 1.807) is 12.4 Å². The largest absolute Gasteiger partial charge is 0.365 e. The van der Waals surface area contributed by atoms with Crippen LogP contribution in [0.3, 0.4) is 0 Å². The van der Waals surface area contributed by atoms with Crippen LogP contribution in [0.15, 0.2) is 58.7 Å². The Morgan fingerprint density at radius 1 is 1.17 bits per heavy atom. The van der Waals surface area contributed by atoms with Crippen molar-refractivity contribution in [2.75, 3.05) is 13.1 Å². The number of allylic oxidation sites excluding steroid dienone is 1. The molecular weight excluding hydrogens is 382 g/mol. The first kappa shape index (κ1) is 18.6. The van der Waals surface area contributed by atoms with Crippen LogP contribution < -0.4 is 0 Å². The van der Waals surface area contributed by atoms with E-state index >= 15 is 0 Å². The number of piperidine rings is 1. The Morgan fingerprint density at radius 3 is 2.69 bits per heavy atom. The molecule has 0 radical (unpaired) electrons. The van der Waals surface area contributed by atoms with Crippen molar-refractivity contribution in [3.8, 4) is 0 Å². The fourth-order valence-electron chi connectivity index (χ4n) is 4.53. The summed E-state index contributed by atoms with van der Waals surface area (Å²) in [5, 5.41) is 0.825. The predicted molar refractivity (Wildman–Crippen MR) is 115 cm³/mol. The van der Waals surface area contributed by atoms with Crippen LogP contribution >= 0.6 is 11.8 Å². The lowest BCUT2D eigenvalue weighted by Gasteiger charge is -2.39. The summed E-state index contributed by atoms with van der Waals surface area (Å²) in [7, 11) is 0. The molecule has 0 unspecified atom stereocenters. The van der Waals surface area contributed by atoms with Gasteiger partial charge >= 0.3 is 0 Å². The van der Waals surface area contributed by atoms with E-state index in [4.69, 9.17) is 4.74 Å². The van der Waals surface area contributed by atoms with Gasteiger partial charge in [-0.05, 0) is 65.4 Å². The van der Waals surface area contributed by atoms with Gasteiger partial charge in [-0.15, -0.1) is 0 Å². The van der Waals surface area contributed by atoms with Gasteiger partial charge in [0.2, 0.25) is 0 Å². The molecule has 0 atom stereocenters. The zero-order chi connectivity index (χ0) is 19.8. The van der Waals surface area contributed by atoms with Crippen LogP contribution in [0.4, 0.5) is 0 Å². The van der Waals surface area contributed by atoms with Gasteiger partial charge in [-0.3, -0.25) is 9.78 Å². The average Bonchev–Trinajstić information content (AvgIpc) is 3.32. The van der Waals surface area contributed by atoms with Crippen LogP contribution in [0, 0.1) is 0 Å². The number of carbonyl (C=O) groups is 1. The minimum atomic E-state index is -0.175.